The minimum Gasteiger partial charge on any atom is -0.353 e. The van der Waals surface area contributed by atoms with Crippen LogP contribution < -0.4 is 5.56 Å². The van der Waals surface area contributed by atoms with Gasteiger partial charge in [-0.15, -0.1) is 0 Å². The molecule has 0 spiro atoms. The standard InChI is InChI=1S/C15H10N2O/c18-15-7-3-4-10-8-12-11-5-1-2-6-13(11)16-14(12)9-17(10)15/h1-9,16H. The Balaban J connectivity index is 2.31. The first-order valence-electron chi connectivity index (χ1n) is 5.85. The number of aromatic amines is 1. The van der Waals surface area contributed by atoms with Gasteiger partial charge in [-0.05, 0) is 18.2 Å². The van der Waals surface area contributed by atoms with Gasteiger partial charge in [-0.2, -0.15) is 0 Å². The van der Waals surface area contributed by atoms with Crippen LogP contribution in [-0.2, 0) is 0 Å². The summed E-state index contributed by atoms with van der Waals surface area (Å²) in [6.07, 6.45) is 1.87. The van der Waals surface area contributed by atoms with E-state index in [-0.39, 0.29) is 5.56 Å². The molecule has 1 aromatic carbocycles. The molecule has 18 heavy (non-hydrogen) atoms. The van der Waals surface area contributed by atoms with E-state index >= 15 is 0 Å². The number of hydrogen-bond donors (Lipinski definition) is 1. The fraction of sp³-hybridized carbons (Fsp3) is 0. The smallest absolute Gasteiger partial charge is 0.255 e. The summed E-state index contributed by atoms with van der Waals surface area (Å²) >= 11 is 0. The van der Waals surface area contributed by atoms with Crippen LogP contribution in [0.15, 0.2) is 59.5 Å². The molecule has 0 saturated heterocycles. The van der Waals surface area contributed by atoms with Gasteiger partial charge in [-0.1, -0.05) is 24.3 Å². The van der Waals surface area contributed by atoms with E-state index in [2.05, 4.69) is 17.1 Å². The van der Waals surface area contributed by atoms with Crippen LogP contribution >= 0.6 is 0 Å². The average molecular weight is 234 g/mol. The summed E-state index contributed by atoms with van der Waals surface area (Å²) in [7, 11) is 0. The summed E-state index contributed by atoms with van der Waals surface area (Å²) in [5.74, 6) is 0. The predicted molar refractivity (Wildman–Crippen MR) is 73.0 cm³/mol. The summed E-state index contributed by atoms with van der Waals surface area (Å²) in [5, 5.41) is 2.34. The number of para-hydroxylation sites is 1. The monoisotopic (exact) mass is 234 g/mol. The predicted octanol–water partition coefficient (Wildman–Crippen LogP) is 2.93. The van der Waals surface area contributed by atoms with Gasteiger partial charge in [0.15, 0.2) is 0 Å². The van der Waals surface area contributed by atoms with Crippen LogP contribution in [0.5, 0.6) is 0 Å². The second kappa shape index (κ2) is 3.23. The second-order valence-electron chi connectivity index (χ2n) is 4.43. The van der Waals surface area contributed by atoms with Crippen molar-refractivity contribution in [1.82, 2.24) is 9.38 Å². The summed E-state index contributed by atoms with van der Waals surface area (Å²) in [4.78, 5) is 15.1. The largest absolute Gasteiger partial charge is 0.353 e. The topological polar surface area (TPSA) is 37.3 Å². The molecule has 0 aliphatic heterocycles. The molecule has 0 fully saturated rings. The highest BCUT2D eigenvalue weighted by Gasteiger charge is 2.05. The molecule has 3 heterocycles. The number of pyridine rings is 2. The van der Waals surface area contributed by atoms with Crippen molar-refractivity contribution in [1.29, 1.82) is 0 Å². The molecule has 0 atom stereocenters. The molecule has 3 heteroatoms. The molecular formula is C15H10N2O. The van der Waals surface area contributed by atoms with Gasteiger partial charge in [0.2, 0.25) is 0 Å². The zero-order valence-corrected chi connectivity index (χ0v) is 9.55. The molecule has 0 saturated carbocycles. The van der Waals surface area contributed by atoms with Crippen LogP contribution in [0.3, 0.4) is 0 Å². The van der Waals surface area contributed by atoms with Gasteiger partial charge in [-0.3, -0.25) is 9.20 Å². The first-order valence-corrected chi connectivity index (χ1v) is 5.85. The lowest BCUT2D eigenvalue weighted by Gasteiger charge is -2.00. The summed E-state index contributed by atoms with van der Waals surface area (Å²) < 4.78 is 1.66. The lowest BCUT2D eigenvalue weighted by atomic mass is 10.2. The lowest BCUT2D eigenvalue weighted by molar-refractivity contribution is 1.11. The van der Waals surface area contributed by atoms with Gasteiger partial charge in [0.25, 0.3) is 5.56 Å². The minimum absolute atomic E-state index is 0.00643. The van der Waals surface area contributed by atoms with Gasteiger partial charge in [0.1, 0.15) is 0 Å². The second-order valence-corrected chi connectivity index (χ2v) is 4.43. The number of nitrogens with one attached hydrogen (secondary N) is 1. The molecule has 0 amide bonds. The van der Waals surface area contributed by atoms with Gasteiger partial charge in [-0.25, -0.2) is 0 Å². The fourth-order valence-electron chi connectivity index (χ4n) is 2.49. The van der Waals surface area contributed by atoms with E-state index < -0.39 is 0 Å². The SMILES string of the molecule is O=c1cccc2cc3c(cn12)[nH]c1ccccc13. The molecule has 4 aromatic rings. The number of aromatic nitrogens is 2. The molecule has 1 N–H and O–H groups in total. The molecule has 3 aromatic heterocycles. The van der Waals surface area contributed by atoms with Crippen molar-refractivity contribution in [2.75, 3.05) is 0 Å². The number of H-pyrrole nitrogens is 1. The lowest BCUT2D eigenvalue weighted by Crippen LogP contribution is -2.10. The third kappa shape index (κ3) is 1.16. The maximum absolute atomic E-state index is 11.8. The number of benzene rings is 1. The van der Waals surface area contributed by atoms with Gasteiger partial charge >= 0.3 is 0 Å². The minimum atomic E-state index is -0.00643. The number of hydrogen-bond acceptors (Lipinski definition) is 1. The van der Waals surface area contributed by atoms with Crippen molar-refractivity contribution >= 4 is 27.3 Å². The molecule has 86 valence electrons. The van der Waals surface area contributed by atoms with E-state index in [0.717, 1.165) is 21.9 Å². The zero-order valence-electron chi connectivity index (χ0n) is 9.55. The van der Waals surface area contributed by atoms with E-state index in [1.54, 1.807) is 16.5 Å². The third-order valence-electron chi connectivity index (χ3n) is 3.35. The Kier molecular flexibility index (Phi) is 1.70. The quantitative estimate of drug-likeness (QED) is 0.499. The maximum atomic E-state index is 11.8. The first-order chi connectivity index (χ1) is 8.83. The van der Waals surface area contributed by atoms with E-state index in [1.165, 1.54) is 5.39 Å². The Hall–Kier alpha value is -2.55. The van der Waals surface area contributed by atoms with Gasteiger partial charge in [0.05, 0.1) is 5.52 Å². The van der Waals surface area contributed by atoms with Crippen LogP contribution in [0.4, 0.5) is 0 Å². The highest BCUT2D eigenvalue weighted by Crippen LogP contribution is 2.25. The van der Waals surface area contributed by atoms with Crippen LogP contribution in [0, 0.1) is 0 Å². The molecule has 3 nitrogen and oxygen atoms in total. The van der Waals surface area contributed by atoms with Crippen LogP contribution in [-0.4, -0.2) is 9.38 Å². The van der Waals surface area contributed by atoms with E-state index in [0.29, 0.717) is 0 Å². The summed E-state index contributed by atoms with van der Waals surface area (Å²) in [6.45, 7) is 0. The van der Waals surface area contributed by atoms with Crippen molar-refractivity contribution < 1.29 is 0 Å². The number of rotatable bonds is 0. The normalized spacial score (nSPS) is 11.6. The van der Waals surface area contributed by atoms with Crippen molar-refractivity contribution in [2.45, 2.75) is 0 Å². The van der Waals surface area contributed by atoms with Crippen LogP contribution in [0.25, 0.3) is 27.3 Å². The molecule has 0 aliphatic rings. The maximum Gasteiger partial charge on any atom is 0.255 e. The molecule has 0 unspecified atom stereocenters. The van der Waals surface area contributed by atoms with Gasteiger partial charge in [0, 0.05) is 34.1 Å². The average Bonchev–Trinajstić information content (AvgIpc) is 2.75. The fourth-order valence-corrected chi connectivity index (χ4v) is 2.49. The van der Waals surface area contributed by atoms with E-state index in [9.17, 15) is 4.79 Å². The van der Waals surface area contributed by atoms with Crippen LogP contribution in [0.1, 0.15) is 0 Å². The summed E-state index contributed by atoms with van der Waals surface area (Å²) in [5.41, 5.74) is 2.99. The van der Waals surface area contributed by atoms with Crippen molar-refractivity contribution in [3.05, 3.63) is 65.1 Å². The Morgan fingerprint density at radius 3 is 2.72 bits per heavy atom. The van der Waals surface area contributed by atoms with E-state index in [1.807, 2.05) is 30.5 Å². The number of fused-ring (bicyclic) bond motifs is 4. The zero-order chi connectivity index (χ0) is 12.1. The molecule has 4 rings (SSSR count). The first kappa shape index (κ1) is 9.48. The van der Waals surface area contributed by atoms with Crippen LogP contribution in [0.2, 0.25) is 0 Å². The van der Waals surface area contributed by atoms with Crippen molar-refractivity contribution in [3.63, 3.8) is 0 Å². The van der Waals surface area contributed by atoms with E-state index in [4.69, 9.17) is 0 Å². The molecule has 0 bridgehead atoms. The summed E-state index contributed by atoms with van der Waals surface area (Å²) in [6, 6.07) is 15.5. The Bertz CT molecular complexity index is 947. The van der Waals surface area contributed by atoms with Crippen molar-refractivity contribution in [2.24, 2.45) is 0 Å². The molecular weight excluding hydrogens is 224 g/mol. The molecule has 0 radical (unpaired) electrons. The molecule has 0 aliphatic carbocycles. The number of nitrogens with zero attached hydrogens (tertiary/aromatic N) is 1. The highest BCUT2D eigenvalue weighted by atomic mass is 16.1. The third-order valence-corrected chi connectivity index (χ3v) is 3.35. The Morgan fingerprint density at radius 1 is 0.889 bits per heavy atom. The van der Waals surface area contributed by atoms with Crippen molar-refractivity contribution in [3.8, 4) is 0 Å². The Morgan fingerprint density at radius 2 is 1.78 bits per heavy atom. The highest BCUT2D eigenvalue weighted by molar-refractivity contribution is 6.08. The Labute approximate surface area is 102 Å². The van der Waals surface area contributed by atoms with Gasteiger partial charge < -0.3 is 4.98 Å².